The van der Waals surface area contributed by atoms with Gasteiger partial charge in [0.05, 0.1) is 0 Å². The van der Waals surface area contributed by atoms with E-state index in [1.54, 1.807) is 11.8 Å². The van der Waals surface area contributed by atoms with E-state index in [1.165, 1.54) is 16.2 Å². The number of fused-ring (bicyclic) bond motifs is 1. The molecule has 1 aromatic heterocycles. The highest BCUT2D eigenvalue weighted by atomic mass is 35.5. The van der Waals surface area contributed by atoms with Gasteiger partial charge in [-0.3, -0.25) is 4.98 Å². The second-order valence-electron chi connectivity index (χ2n) is 5.13. The Balaban J connectivity index is 1.65. The molecule has 1 heterocycles. The van der Waals surface area contributed by atoms with Crippen molar-refractivity contribution in [2.75, 3.05) is 5.75 Å². The molecule has 1 aromatic carbocycles. The van der Waals surface area contributed by atoms with Crippen LogP contribution >= 0.6 is 23.4 Å². The molecular formula is C16H17ClN2S. The van der Waals surface area contributed by atoms with Gasteiger partial charge in [0.1, 0.15) is 0 Å². The smallest absolute Gasteiger partial charge is 0.0482 e. The zero-order chi connectivity index (χ0) is 13.9. The van der Waals surface area contributed by atoms with Crippen molar-refractivity contribution in [2.24, 2.45) is 5.73 Å². The summed E-state index contributed by atoms with van der Waals surface area (Å²) in [6.07, 6.45) is 4.08. The monoisotopic (exact) mass is 304 g/mol. The van der Waals surface area contributed by atoms with E-state index in [0.717, 1.165) is 23.6 Å². The molecule has 0 saturated heterocycles. The average Bonchev–Trinajstić information content (AvgIpc) is 2.89. The summed E-state index contributed by atoms with van der Waals surface area (Å²) in [5.74, 6) is 1.28. The first-order valence-electron chi connectivity index (χ1n) is 6.82. The minimum atomic E-state index is 0.134. The third kappa shape index (κ3) is 3.00. The first kappa shape index (κ1) is 13.9. The molecule has 2 aromatic rings. The van der Waals surface area contributed by atoms with Crippen LogP contribution in [0.25, 0.3) is 0 Å². The molecule has 1 aliphatic carbocycles. The SMILES string of the molecule is NC(CSc1cccc(Cl)c1)C1CCc2cccnc21. The lowest BCUT2D eigenvalue weighted by molar-refractivity contribution is 0.561. The van der Waals surface area contributed by atoms with Gasteiger partial charge in [0, 0.05) is 39.5 Å². The van der Waals surface area contributed by atoms with E-state index in [1.807, 2.05) is 30.5 Å². The van der Waals surface area contributed by atoms with E-state index in [0.29, 0.717) is 5.92 Å². The van der Waals surface area contributed by atoms with Crippen molar-refractivity contribution >= 4 is 23.4 Å². The van der Waals surface area contributed by atoms with E-state index in [9.17, 15) is 0 Å². The quantitative estimate of drug-likeness (QED) is 0.871. The fraction of sp³-hybridized carbons (Fsp3) is 0.312. The van der Waals surface area contributed by atoms with Crippen molar-refractivity contribution in [3.05, 3.63) is 58.9 Å². The van der Waals surface area contributed by atoms with Crippen molar-refractivity contribution in [1.82, 2.24) is 4.98 Å². The van der Waals surface area contributed by atoms with Gasteiger partial charge in [-0.2, -0.15) is 0 Å². The molecule has 0 fully saturated rings. The van der Waals surface area contributed by atoms with E-state index in [2.05, 4.69) is 17.1 Å². The first-order chi connectivity index (χ1) is 9.74. The summed E-state index contributed by atoms with van der Waals surface area (Å²) in [6.45, 7) is 0. The van der Waals surface area contributed by atoms with Crippen LogP contribution in [0.3, 0.4) is 0 Å². The van der Waals surface area contributed by atoms with Crippen LogP contribution in [0, 0.1) is 0 Å². The predicted octanol–water partition coefficient (Wildman–Crippen LogP) is 3.88. The molecule has 2 nitrogen and oxygen atoms in total. The number of nitrogens with zero attached hydrogens (tertiary/aromatic N) is 1. The zero-order valence-electron chi connectivity index (χ0n) is 11.1. The van der Waals surface area contributed by atoms with Crippen molar-refractivity contribution in [3.63, 3.8) is 0 Å². The van der Waals surface area contributed by atoms with Gasteiger partial charge in [-0.15, -0.1) is 11.8 Å². The molecule has 2 N–H and O–H groups in total. The van der Waals surface area contributed by atoms with Gasteiger partial charge in [0.15, 0.2) is 0 Å². The molecule has 2 unspecified atom stereocenters. The Kier molecular flexibility index (Phi) is 4.29. The number of hydrogen-bond acceptors (Lipinski definition) is 3. The Hall–Kier alpha value is -1.03. The normalized spacial score (nSPS) is 18.8. The fourth-order valence-electron chi connectivity index (χ4n) is 2.73. The number of aryl methyl sites for hydroxylation is 1. The summed E-state index contributed by atoms with van der Waals surface area (Å²) < 4.78 is 0. The molecule has 0 bridgehead atoms. The third-order valence-electron chi connectivity index (χ3n) is 3.76. The lowest BCUT2D eigenvalue weighted by Gasteiger charge is -2.19. The third-order valence-corrected chi connectivity index (χ3v) is 5.13. The summed E-state index contributed by atoms with van der Waals surface area (Å²) >= 11 is 7.77. The standard InChI is InChI=1S/C16H17ClN2S/c17-12-4-1-5-13(9-12)20-10-15(18)14-7-6-11-3-2-8-19-16(11)14/h1-5,8-9,14-15H,6-7,10,18H2. The highest BCUT2D eigenvalue weighted by Gasteiger charge is 2.28. The average molecular weight is 305 g/mol. The molecule has 3 rings (SSSR count). The largest absolute Gasteiger partial charge is 0.326 e. The summed E-state index contributed by atoms with van der Waals surface area (Å²) in [5, 5.41) is 0.774. The molecular weight excluding hydrogens is 288 g/mol. The van der Waals surface area contributed by atoms with Crippen molar-refractivity contribution in [3.8, 4) is 0 Å². The minimum Gasteiger partial charge on any atom is -0.326 e. The van der Waals surface area contributed by atoms with Gasteiger partial charge in [-0.25, -0.2) is 0 Å². The Morgan fingerprint density at radius 1 is 1.35 bits per heavy atom. The van der Waals surface area contributed by atoms with Gasteiger partial charge in [-0.05, 0) is 42.7 Å². The second-order valence-corrected chi connectivity index (χ2v) is 6.66. The molecule has 20 heavy (non-hydrogen) atoms. The van der Waals surface area contributed by atoms with Crippen LogP contribution in [0.15, 0.2) is 47.5 Å². The van der Waals surface area contributed by atoms with E-state index in [-0.39, 0.29) is 6.04 Å². The zero-order valence-corrected chi connectivity index (χ0v) is 12.7. The summed E-state index contributed by atoms with van der Waals surface area (Å²) in [6, 6.07) is 12.2. The van der Waals surface area contributed by atoms with Gasteiger partial charge >= 0.3 is 0 Å². The molecule has 2 atom stereocenters. The molecule has 104 valence electrons. The molecule has 0 amide bonds. The highest BCUT2D eigenvalue weighted by molar-refractivity contribution is 7.99. The number of hydrogen-bond donors (Lipinski definition) is 1. The predicted molar refractivity (Wildman–Crippen MR) is 85.5 cm³/mol. The number of benzene rings is 1. The number of rotatable bonds is 4. The Morgan fingerprint density at radius 3 is 3.10 bits per heavy atom. The van der Waals surface area contributed by atoms with Crippen LogP contribution in [-0.2, 0) is 6.42 Å². The van der Waals surface area contributed by atoms with Crippen LogP contribution in [0.4, 0.5) is 0 Å². The van der Waals surface area contributed by atoms with Crippen molar-refractivity contribution in [1.29, 1.82) is 0 Å². The summed E-state index contributed by atoms with van der Waals surface area (Å²) in [7, 11) is 0. The number of pyridine rings is 1. The lowest BCUT2D eigenvalue weighted by atomic mass is 9.99. The molecule has 4 heteroatoms. The van der Waals surface area contributed by atoms with Crippen molar-refractivity contribution in [2.45, 2.75) is 29.7 Å². The van der Waals surface area contributed by atoms with Crippen LogP contribution in [0.1, 0.15) is 23.6 Å². The highest BCUT2D eigenvalue weighted by Crippen LogP contribution is 2.35. The first-order valence-corrected chi connectivity index (χ1v) is 8.18. The molecule has 0 spiro atoms. The van der Waals surface area contributed by atoms with Crippen LogP contribution < -0.4 is 5.73 Å². The second kappa shape index (κ2) is 6.17. The number of nitrogens with two attached hydrogens (primary N) is 1. The molecule has 1 aliphatic rings. The number of thioether (sulfide) groups is 1. The topological polar surface area (TPSA) is 38.9 Å². The molecule has 0 radical (unpaired) electrons. The maximum absolute atomic E-state index is 6.39. The summed E-state index contributed by atoms with van der Waals surface area (Å²) in [5.41, 5.74) is 8.95. The van der Waals surface area contributed by atoms with Gasteiger partial charge in [0.25, 0.3) is 0 Å². The van der Waals surface area contributed by atoms with Crippen LogP contribution in [-0.4, -0.2) is 16.8 Å². The van der Waals surface area contributed by atoms with Crippen LogP contribution in [0.2, 0.25) is 5.02 Å². The van der Waals surface area contributed by atoms with E-state index < -0.39 is 0 Å². The van der Waals surface area contributed by atoms with Gasteiger partial charge < -0.3 is 5.73 Å². The maximum atomic E-state index is 6.39. The van der Waals surface area contributed by atoms with Crippen molar-refractivity contribution < 1.29 is 0 Å². The van der Waals surface area contributed by atoms with E-state index in [4.69, 9.17) is 17.3 Å². The summed E-state index contributed by atoms with van der Waals surface area (Å²) in [4.78, 5) is 5.69. The minimum absolute atomic E-state index is 0.134. The maximum Gasteiger partial charge on any atom is 0.0482 e. The van der Waals surface area contributed by atoms with Gasteiger partial charge in [-0.1, -0.05) is 23.7 Å². The Labute approximate surface area is 128 Å². The Bertz CT molecular complexity index is 603. The Morgan fingerprint density at radius 2 is 2.25 bits per heavy atom. The number of aromatic nitrogens is 1. The molecule has 0 saturated carbocycles. The fourth-order valence-corrected chi connectivity index (χ4v) is 3.98. The van der Waals surface area contributed by atoms with Gasteiger partial charge in [0.2, 0.25) is 0 Å². The lowest BCUT2D eigenvalue weighted by Crippen LogP contribution is -2.30. The van der Waals surface area contributed by atoms with E-state index >= 15 is 0 Å². The van der Waals surface area contributed by atoms with Crippen LogP contribution in [0.5, 0.6) is 0 Å². The number of halogens is 1. The molecule has 0 aliphatic heterocycles.